The first-order valence-electron chi connectivity index (χ1n) is 10.6. The van der Waals surface area contributed by atoms with Crippen LogP contribution in [0.5, 0.6) is 0 Å². The molecule has 1 aromatic heterocycles. The van der Waals surface area contributed by atoms with Crippen LogP contribution in [0.1, 0.15) is 42.6 Å². The molecule has 0 spiro atoms. The third-order valence-corrected chi connectivity index (χ3v) is 5.78. The van der Waals surface area contributed by atoms with Gasteiger partial charge in [0.05, 0.1) is 17.6 Å². The Morgan fingerprint density at radius 1 is 1.03 bits per heavy atom. The number of halogens is 3. The number of fused-ring (bicyclic) bond motifs is 1. The average molecular weight is 508 g/mol. The van der Waals surface area contributed by atoms with Crippen molar-refractivity contribution in [2.24, 2.45) is 16.5 Å². The normalized spacial score (nSPS) is 17.8. The van der Waals surface area contributed by atoms with Crippen LogP contribution < -0.4 is 16.8 Å². The molecule has 0 amide bonds. The maximum Gasteiger partial charge on any atom is 0.186 e. The van der Waals surface area contributed by atoms with Crippen LogP contribution in [0, 0.1) is 6.92 Å². The first kappa shape index (κ1) is 26.7. The molecule has 2 aromatic carbocycles. The summed E-state index contributed by atoms with van der Waals surface area (Å²) in [6, 6.07) is 14.0. The number of nitrogens with zero attached hydrogens (tertiary/aromatic N) is 3. The summed E-state index contributed by atoms with van der Waals surface area (Å²) in [4.78, 5) is 14.0. The largest absolute Gasteiger partial charge is 0.370 e. The zero-order valence-electron chi connectivity index (χ0n) is 18.4. The van der Waals surface area contributed by atoms with Crippen LogP contribution in [0.15, 0.2) is 47.5 Å². The Labute approximate surface area is 211 Å². The first-order valence-corrected chi connectivity index (χ1v) is 10.9. The van der Waals surface area contributed by atoms with Crippen LogP contribution in [0.2, 0.25) is 5.02 Å². The van der Waals surface area contributed by atoms with Gasteiger partial charge in [-0.1, -0.05) is 54.3 Å². The molecule has 3 aromatic rings. The van der Waals surface area contributed by atoms with E-state index in [0.29, 0.717) is 10.8 Å². The monoisotopic (exact) mass is 506 g/mol. The number of nitrogens with one attached hydrogen (secondary N) is 1. The van der Waals surface area contributed by atoms with E-state index in [-0.39, 0.29) is 42.9 Å². The van der Waals surface area contributed by atoms with Crippen LogP contribution in [0.25, 0.3) is 23.1 Å². The second kappa shape index (κ2) is 12.1. The van der Waals surface area contributed by atoms with E-state index in [2.05, 4.69) is 29.4 Å². The predicted octanol–water partition coefficient (Wildman–Crippen LogP) is 5.60. The lowest BCUT2D eigenvalue weighted by Crippen LogP contribution is -2.38. The lowest BCUT2D eigenvalue weighted by molar-refractivity contribution is 0.405. The van der Waals surface area contributed by atoms with E-state index in [1.807, 2.05) is 42.5 Å². The van der Waals surface area contributed by atoms with E-state index >= 15 is 0 Å². The number of benzene rings is 2. The van der Waals surface area contributed by atoms with Gasteiger partial charge in [-0.15, -0.1) is 24.8 Å². The van der Waals surface area contributed by atoms with Crippen molar-refractivity contribution in [3.8, 4) is 0 Å². The Hall–Kier alpha value is -2.54. The maximum atomic E-state index is 5.98. The molecule has 1 aliphatic rings. The maximum absolute atomic E-state index is 5.98. The molecule has 2 atom stereocenters. The fourth-order valence-corrected chi connectivity index (χ4v) is 4.12. The Balaban J connectivity index is 0.00000193. The molecule has 33 heavy (non-hydrogen) atoms. The third kappa shape index (κ3) is 6.97. The molecule has 0 saturated heterocycles. The van der Waals surface area contributed by atoms with Crippen molar-refractivity contribution in [1.82, 2.24) is 9.97 Å². The van der Waals surface area contributed by atoms with Crippen LogP contribution in [-0.2, 0) is 0 Å². The third-order valence-electron chi connectivity index (χ3n) is 5.53. The number of hydrogen-bond acceptors (Lipinski definition) is 4. The van der Waals surface area contributed by atoms with E-state index in [1.165, 1.54) is 0 Å². The molecule has 1 fully saturated rings. The minimum atomic E-state index is 0. The van der Waals surface area contributed by atoms with Crippen LogP contribution >= 0.6 is 36.4 Å². The van der Waals surface area contributed by atoms with E-state index in [0.717, 1.165) is 53.5 Å². The fourth-order valence-electron chi connectivity index (χ4n) is 3.99. The number of aryl methyl sites for hydroxylation is 1. The van der Waals surface area contributed by atoms with Crippen LogP contribution in [0.4, 0.5) is 5.82 Å². The molecular formula is C24H29Cl3N6. The number of rotatable bonds is 5. The molecule has 9 heteroatoms. The molecule has 0 aliphatic heterocycles. The van der Waals surface area contributed by atoms with Gasteiger partial charge in [0, 0.05) is 10.4 Å². The van der Waals surface area contributed by atoms with Gasteiger partial charge in [0.1, 0.15) is 5.82 Å². The first-order chi connectivity index (χ1) is 15.0. The smallest absolute Gasteiger partial charge is 0.186 e. The van der Waals surface area contributed by atoms with Gasteiger partial charge >= 0.3 is 0 Å². The standard InChI is InChI=1S/C24H27ClN6.2ClH/c1-15-6-12-19-18(14-15)23(29-20-4-2-3-5-21(20)30-24(26)27)31-22(28-19)13-9-16-7-10-17(25)11-8-16;;/h6-14,20-21H,2-5H2,1H3,(H4,26,27,30)(H,28,29,31);2*1H/t20-,21+;;/m0../s1. The highest BCUT2D eigenvalue weighted by atomic mass is 35.5. The number of nitrogens with two attached hydrogens (primary N) is 2. The number of guanidine groups is 1. The molecule has 0 radical (unpaired) electrons. The number of hydrogen-bond donors (Lipinski definition) is 3. The van der Waals surface area contributed by atoms with E-state index in [4.69, 9.17) is 33.0 Å². The minimum Gasteiger partial charge on any atom is -0.370 e. The van der Waals surface area contributed by atoms with Gasteiger partial charge in [-0.3, -0.25) is 0 Å². The highest BCUT2D eigenvalue weighted by Crippen LogP contribution is 2.28. The number of aliphatic imine (C=N–C) groups is 1. The summed E-state index contributed by atoms with van der Waals surface area (Å²) in [5.41, 5.74) is 14.4. The van der Waals surface area contributed by atoms with E-state index < -0.39 is 0 Å². The summed E-state index contributed by atoms with van der Waals surface area (Å²) in [6.45, 7) is 2.07. The molecule has 0 bridgehead atoms. The lowest BCUT2D eigenvalue weighted by Gasteiger charge is -2.30. The van der Waals surface area contributed by atoms with Crippen LogP contribution in [-0.4, -0.2) is 28.0 Å². The van der Waals surface area contributed by atoms with Gasteiger partial charge in [0.25, 0.3) is 0 Å². The van der Waals surface area contributed by atoms with Gasteiger partial charge in [0.2, 0.25) is 0 Å². The summed E-state index contributed by atoms with van der Waals surface area (Å²) >= 11 is 5.98. The molecule has 1 heterocycles. The molecule has 6 nitrogen and oxygen atoms in total. The number of anilines is 1. The predicted molar refractivity (Wildman–Crippen MR) is 145 cm³/mol. The molecule has 4 rings (SSSR count). The summed E-state index contributed by atoms with van der Waals surface area (Å²) in [5, 5.41) is 5.34. The minimum absolute atomic E-state index is 0. The summed E-state index contributed by atoms with van der Waals surface area (Å²) in [5.74, 6) is 1.59. The average Bonchev–Trinajstić information content (AvgIpc) is 2.75. The quantitative estimate of drug-likeness (QED) is 0.308. The van der Waals surface area contributed by atoms with Crippen molar-refractivity contribution in [2.45, 2.75) is 44.7 Å². The summed E-state index contributed by atoms with van der Waals surface area (Å²) < 4.78 is 0. The van der Waals surface area contributed by atoms with Crippen molar-refractivity contribution in [3.63, 3.8) is 0 Å². The van der Waals surface area contributed by atoms with Gasteiger partial charge in [-0.2, -0.15) is 0 Å². The Kier molecular flexibility index (Phi) is 9.77. The van der Waals surface area contributed by atoms with E-state index in [1.54, 1.807) is 0 Å². The lowest BCUT2D eigenvalue weighted by atomic mass is 9.90. The Morgan fingerprint density at radius 3 is 2.48 bits per heavy atom. The zero-order chi connectivity index (χ0) is 21.8. The summed E-state index contributed by atoms with van der Waals surface area (Å²) in [7, 11) is 0. The Bertz CT molecular complexity index is 1130. The highest BCUT2D eigenvalue weighted by molar-refractivity contribution is 6.30. The fraction of sp³-hybridized carbons (Fsp3) is 0.292. The number of aromatic nitrogens is 2. The van der Waals surface area contributed by atoms with Crippen molar-refractivity contribution < 1.29 is 0 Å². The van der Waals surface area contributed by atoms with Crippen molar-refractivity contribution in [2.75, 3.05) is 5.32 Å². The molecule has 5 N–H and O–H groups in total. The van der Waals surface area contributed by atoms with E-state index in [9.17, 15) is 0 Å². The van der Waals surface area contributed by atoms with Gasteiger partial charge in [-0.25, -0.2) is 15.0 Å². The Morgan fingerprint density at radius 2 is 1.76 bits per heavy atom. The van der Waals surface area contributed by atoms with Crippen molar-refractivity contribution >= 4 is 71.2 Å². The van der Waals surface area contributed by atoms with Crippen molar-refractivity contribution in [1.29, 1.82) is 0 Å². The molecule has 1 saturated carbocycles. The molecule has 1 aliphatic carbocycles. The zero-order valence-corrected chi connectivity index (χ0v) is 20.8. The topological polar surface area (TPSA) is 102 Å². The summed E-state index contributed by atoms with van der Waals surface area (Å²) in [6.07, 6.45) is 8.12. The van der Waals surface area contributed by atoms with Gasteiger partial charge in [-0.05, 0) is 55.7 Å². The SMILES string of the molecule is Cc1ccc2nc(C=Cc3ccc(Cl)cc3)nc(N[C@H]3CCCC[C@H]3N=C(N)N)c2c1.Cl.Cl. The van der Waals surface area contributed by atoms with Crippen LogP contribution in [0.3, 0.4) is 0 Å². The molecule has 176 valence electrons. The second-order valence-corrected chi connectivity index (χ2v) is 8.43. The second-order valence-electron chi connectivity index (χ2n) is 7.99. The molecular weight excluding hydrogens is 479 g/mol. The van der Waals surface area contributed by atoms with Gasteiger partial charge in [0.15, 0.2) is 11.8 Å². The van der Waals surface area contributed by atoms with Crippen molar-refractivity contribution in [3.05, 3.63) is 64.4 Å². The van der Waals surface area contributed by atoms with Gasteiger partial charge < -0.3 is 16.8 Å². The highest BCUT2D eigenvalue weighted by Gasteiger charge is 2.26. The molecule has 0 unspecified atom stereocenters.